The predicted molar refractivity (Wildman–Crippen MR) is 113 cm³/mol. The van der Waals surface area contributed by atoms with Gasteiger partial charge in [0.15, 0.2) is 0 Å². The second kappa shape index (κ2) is 10.4. The summed E-state index contributed by atoms with van der Waals surface area (Å²) < 4.78 is 7.78. The Morgan fingerprint density at radius 2 is 1.82 bits per heavy atom. The van der Waals surface area contributed by atoms with Gasteiger partial charge >= 0.3 is 0 Å². The molecular weight excluding hydrogens is 350 g/mol. The summed E-state index contributed by atoms with van der Waals surface area (Å²) in [6, 6.07) is 8.10. The third-order valence-corrected chi connectivity index (χ3v) is 4.84. The van der Waals surface area contributed by atoms with Crippen LogP contribution in [0.1, 0.15) is 62.2 Å². The van der Waals surface area contributed by atoms with Gasteiger partial charge < -0.3 is 10.1 Å². The van der Waals surface area contributed by atoms with Crippen LogP contribution in [-0.2, 0) is 35.6 Å². The molecule has 0 aliphatic heterocycles. The minimum atomic E-state index is 0.0648. The predicted octanol–water partition coefficient (Wildman–Crippen LogP) is 4.33. The van der Waals surface area contributed by atoms with Crippen LogP contribution in [0.4, 0.5) is 0 Å². The lowest BCUT2D eigenvalue weighted by Gasteiger charge is -2.13. The van der Waals surface area contributed by atoms with Crippen molar-refractivity contribution in [2.45, 2.75) is 80.2 Å². The number of rotatable bonds is 10. The minimum absolute atomic E-state index is 0.0648. The zero-order valence-electron chi connectivity index (χ0n) is 18.2. The van der Waals surface area contributed by atoms with Gasteiger partial charge in [0.25, 0.3) is 0 Å². The summed E-state index contributed by atoms with van der Waals surface area (Å²) in [5.74, 6) is 0.615. The molecule has 2 aromatic rings. The lowest BCUT2D eigenvalue weighted by molar-refractivity contribution is -0.121. The highest BCUT2D eigenvalue weighted by atomic mass is 16.5. The van der Waals surface area contributed by atoms with Crippen molar-refractivity contribution in [3.05, 3.63) is 52.3 Å². The molecule has 1 heterocycles. The highest BCUT2D eigenvalue weighted by molar-refractivity contribution is 5.76. The molecule has 0 unspecified atom stereocenters. The first-order chi connectivity index (χ1) is 13.3. The highest BCUT2D eigenvalue weighted by Crippen LogP contribution is 2.17. The van der Waals surface area contributed by atoms with Crippen molar-refractivity contribution in [1.29, 1.82) is 0 Å². The Morgan fingerprint density at radius 1 is 1.14 bits per heavy atom. The summed E-state index contributed by atoms with van der Waals surface area (Å²) in [7, 11) is 0. The molecule has 5 nitrogen and oxygen atoms in total. The van der Waals surface area contributed by atoms with Gasteiger partial charge in [-0.2, -0.15) is 5.10 Å². The minimum Gasteiger partial charge on any atom is -0.374 e. The van der Waals surface area contributed by atoms with Crippen LogP contribution in [-0.4, -0.2) is 21.8 Å². The summed E-state index contributed by atoms with van der Waals surface area (Å²) in [6.45, 7) is 14.6. The fraction of sp³-hybridized carbons (Fsp3) is 0.565. The molecule has 0 bridgehead atoms. The molecule has 0 aliphatic carbocycles. The molecule has 0 saturated heterocycles. The number of carbonyl (C=O) groups excluding carboxylic acids is 1. The van der Waals surface area contributed by atoms with Crippen LogP contribution in [0, 0.1) is 19.8 Å². The Balaban J connectivity index is 1.90. The van der Waals surface area contributed by atoms with Crippen molar-refractivity contribution in [2.75, 3.05) is 0 Å². The van der Waals surface area contributed by atoms with Crippen LogP contribution < -0.4 is 5.32 Å². The van der Waals surface area contributed by atoms with Crippen molar-refractivity contribution in [3.63, 3.8) is 0 Å². The van der Waals surface area contributed by atoms with E-state index in [1.54, 1.807) is 0 Å². The van der Waals surface area contributed by atoms with E-state index in [0.717, 1.165) is 29.8 Å². The van der Waals surface area contributed by atoms with Gasteiger partial charge in [-0.15, -0.1) is 0 Å². The number of aryl methyl sites for hydroxylation is 1. The van der Waals surface area contributed by atoms with Crippen LogP contribution >= 0.6 is 0 Å². The number of carbonyl (C=O) groups is 1. The van der Waals surface area contributed by atoms with Crippen molar-refractivity contribution in [1.82, 2.24) is 15.1 Å². The molecule has 0 radical (unpaired) electrons. The van der Waals surface area contributed by atoms with Gasteiger partial charge in [-0.1, -0.05) is 38.1 Å². The van der Waals surface area contributed by atoms with Gasteiger partial charge in [0.2, 0.25) is 5.91 Å². The molecular formula is C23H35N3O2. The molecule has 1 aromatic carbocycles. The second-order valence-corrected chi connectivity index (χ2v) is 8.13. The van der Waals surface area contributed by atoms with E-state index < -0.39 is 0 Å². The first kappa shape index (κ1) is 22.2. The number of nitrogens with one attached hydrogen (secondary N) is 1. The lowest BCUT2D eigenvalue weighted by Crippen LogP contribution is -2.24. The maximum absolute atomic E-state index is 12.4. The number of hydrogen-bond acceptors (Lipinski definition) is 3. The monoisotopic (exact) mass is 385 g/mol. The normalized spacial score (nSPS) is 11.4. The molecule has 1 amide bonds. The molecule has 5 heteroatoms. The standard InChI is InChI=1S/C23H35N3O2/c1-16(2)14-26-19(6)22(18(5)25-26)11-12-23(27)24-13-20-9-7-8-10-21(20)15-28-17(3)4/h7-10,16-17H,11-15H2,1-6H3,(H,24,27). The number of nitrogens with zero attached hydrogens (tertiary/aromatic N) is 2. The Morgan fingerprint density at radius 3 is 2.46 bits per heavy atom. The molecule has 28 heavy (non-hydrogen) atoms. The topological polar surface area (TPSA) is 56.2 Å². The molecule has 0 fully saturated rings. The van der Waals surface area contributed by atoms with Crippen LogP contribution in [0.25, 0.3) is 0 Å². The number of benzene rings is 1. The summed E-state index contributed by atoms with van der Waals surface area (Å²) in [6.07, 6.45) is 1.38. The zero-order chi connectivity index (χ0) is 20.7. The molecule has 0 aliphatic rings. The van der Waals surface area contributed by atoms with Crippen molar-refractivity contribution in [2.24, 2.45) is 5.92 Å². The average Bonchev–Trinajstić information content (AvgIpc) is 2.89. The van der Waals surface area contributed by atoms with Crippen molar-refractivity contribution in [3.8, 4) is 0 Å². The quantitative estimate of drug-likeness (QED) is 0.662. The second-order valence-electron chi connectivity index (χ2n) is 8.13. The fourth-order valence-electron chi connectivity index (χ4n) is 3.27. The average molecular weight is 386 g/mol. The number of aromatic nitrogens is 2. The van der Waals surface area contributed by atoms with E-state index in [0.29, 0.717) is 25.5 Å². The molecule has 0 saturated carbocycles. The third kappa shape index (κ3) is 6.48. The van der Waals surface area contributed by atoms with E-state index in [1.165, 1.54) is 11.3 Å². The largest absolute Gasteiger partial charge is 0.374 e. The van der Waals surface area contributed by atoms with E-state index in [-0.39, 0.29) is 12.0 Å². The maximum Gasteiger partial charge on any atom is 0.220 e. The molecule has 0 spiro atoms. The summed E-state index contributed by atoms with van der Waals surface area (Å²) >= 11 is 0. The van der Waals surface area contributed by atoms with Crippen molar-refractivity contribution >= 4 is 5.91 Å². The zero-order valence-corrected chi connectivity index (χ0v) is 18.2. The van der Waals surface area contributed by atoms with Gasteiger partial charge in [-0.3, -0.25) is 9.48 Å². The number of hydrogen-bond donors (Lipinski definition) is 1. The van der Waals surface area contributed by atoms with E-state index in [9.17, 15) is 4.79 Å². The lowest BCUT2D eigenvalue weighted by atomic mass is 10.1. The SMILES string of the molecule is Cc1nn(CC(C)C)c(C)c1CCC(=O)NCc1ccccc1COC(C)C. The van der Waals surface area contributed by atoms with E-state index in [2.05, 4.69) is 41.9 Å². The Bertz CT molecular complexity index is 778. The van der Waals surface area contributed by atoms with Gasteiger partial charge in [-0.05, 0) is 56.7 Å². The first-order valence-electron chi connectivity index (χ1n) is 10.3. The summed E-state index contributed by atoms with van der Waals surface area (Å²) in [5.41, 5.74) is 5.63. The smallest absolute Gasteiger partial charge is 0.220 e. The Hall–Kier alpha value is -2.14. The van der Waals surface area contributed by atoms with Crippen LogP contribution in [0.15, 0.2) is 24.3 Å². The molecule has 2 rings (SSSR count). The maximum atomic E-state index is 12.4. The third-order valence-electron chi connectivity index (χ3n) is 4.84. The molecule has 154 valence electrons. The summed E-state index contributed by atoms with van der Waals surface area (Å²) in [4.78, 5) is 12.4. The van der Waals surface area contributed by atoms with Gasteiger partial charge in [0, 0.05) is 25.2 Å². The van der Waals surface area contributed by atoms with Crippen LogP contribution in [0.5, 0.6) is 0 Å². The highest BCUT2D eigenvalue weighted by Gasteiger charge is 2.14. The Kier molecular flexibility index (Phi) is 8.24. The molecule has 1 aromatic heterocycles. The van der Waals surface area contributed by atoms with Crippen LogP contribution in [0.2, 0.25) is 0 Å². The van der Waals surface area contributed by atoms with Gasteiger partial charge in [0.1, 0.15) is 0 Å². The number of ether oxygens (including phenoxy) is 1. The molecule has 1 N–H and O–H groups in total. The Labute approximate surface area is 169 Å². The van der Waals surface area contributed by atoms with E-state index in [4.69, 9.17) is 4.74 Å². The van der Waals surface area contributed by atoms with Crippen LogP contribution in [0.3, 0.4) is 0 Å². The fourth-order valence-corrected chi connectivity index (χ4v) is 3.27. The van der Waals surface area contributed by atoms with E-state index >= 15 is 0 Å². The van der Waals surface area contributed by atoms with E-state index in [1.807, 2.05) is 39.0 Å². The summed E-state index contributed by atoms with van der Waals surface area (Å²) in [5, 5.41) is 7.69. The number of amides is 1. The van der Waals surface area contributed by atoms with Crippen molar-refractivity contribution < 1.29 is 9.53 Å². The van der Waals surface area contributed by atoms with Gasteiger partial charge in [0.05, 0.1) is 18.4 Å². The molecule has 0 atom stereocenters. The first-order valence-corrected chi connectivity index (χ1v) is 10.3. The van der Waals surface area contributed by atoms with Gasteiger partial charge in [-0.25, -0.2) is 0 Å².